The summed E-state index contributed by atoms with van der Waals surface area (Å²) in [5.41, 5.74) is 9.28. The van der Waals surface area contributed by atoms with Crippen LogP contribution >= 0.6 is 11.8 Å². The first-order valence-electron chi connectivity index (χ1n) is 7.24. The zero-order valence-corrected chi connectivity index (χ0v) is 13.1. The molecular formula is C16H23N3S. The Bertz CT molecular complexity index is 534. The highest BCUT2D eigenvalue weighted by atomic mass is 32.2. The average molecular weight is 289 g/mol. The fraction of sp³-hybridized carbons (Fsp3) is 0.438. The molecule has 0 saturated heterocycles. The maximum absolute atomic E-state index is 5.75. The van der Waals surface area contributed by atoms with Crippen LogP contribution in [0.1, 0.15) is 31.0 Å². The van der Waals surface area contributed by atoms with Crippen molar-refractivity contribution in [1.82, 2.24) is 9.78 Å². The topological polar surface area (TPSA) is 43.8 Å². The van der Waals surface area contributed by atoms with Crippen LogP contribution < -0.4 is 5.73 Å². The molecule has 2 rings (SSSR count). The van der Waals surface area contributed by atoms with Gasteiger partial charge < -0.3 is 5.73 Å². The molecule has 0 radical (unpaired) electrons. The van der Waals surface area contributed by atoms with Gasteiger partial charge >= 0.3 is 0 Å². The van der Waals surface area contributed by atoms with Crippen molar-refractivity contribution in [2.45, 2.75) is 38.1 Å². The zero-order chi connectivity index (χ0) is 14.4. The number of rotatable bonds is 7. The van der Waals surface area contributed by atoms with Gasteiger partial charge in [0.1, 0.15) is 5.03 Å². The van der Waals surface area contributed by atoms with Crippen molar-refractivity contribution in [2.75, 3.05) is 12.3 Å². The molecule has 3 nitrogen and oxygen atoms in total. The number of thioether (sulfide) groups is 1. The predicted molar refractivity (Wildman–Crippen MR) is 86.7 cm³/mol. The van der Waals surface area contributed by atoms with E-state index in [4.69, 9.17) is 10.8 Å². The lowest BCUT2D eigenvalue weighted by molar-refractivity contribution is 0.784. The van der Waals surface area contributed by atoms with Gasteiger partial charge in [-0.15, -0.1) is 11.8 Å². The Kier molecular flexibility index (Phi) is 5.68. The number of nitrogens with zero attached hydrogens (tertiary/aromatic N) is 2. The van der Waals surface area contributed by atoms with Crippen molar-refractivity contribution in [3.8, 4) is 5.69 Å². The number of unbranched alkanes of at least 4 members (excludes halogenated alkanes) is 1. The number of para-hydroxylation sites is 1. The highest BCUT2D eigenvalue weighted by Gasteiger charge is 2.15. The summed E-state index contributed by atoms with van der Waals surface area (Å²) in [4.78, 5) is 0. The molecule has 108 valence electrons. The van der Waals surface area contributed by atoms with Crippen molar-refractivity contribution in [3.63, 3.8) is 0 Å². The summed E-state index contributed by atoms with van der Waals surface area (Å²) in [5, 5.41) is 5.98. The van der Waals surface area contributed by atoms with E-state index in [1.165, 1.54) is 23.4 Å². The number of nitrogens with two attached hydrogens (primary N) is 1. The first kappa shape index (κ1) is 15.1. The van der Waals surface area contributed by atoms with Crippen LogP contribution in [0, 0.1) is 6.92 Å². The second-order valence-electron chi connectivity index (χ2n) is 4.86. The first-order valence-corrected chi connectivity index (χ1v) is 8.23. The van der Waals surface area contributed by atoms with E-state index in [1.54, 1.807) is 0 Å². The highest BCUT2D eigenvalue weighted by molar-refractivity contribution is 7.99. The molecule has 0 spiro atoms. The maximum Gasteiger partial charge on any atom is 0.103 e. The molecule has 1 aromatic heterocycles. The third kappa shape index (κ3) is 3.44. The van der Waals surface area contributed by atoms with Gasteiger partial charge in [-0.1, -0.05) is 31.5 Å². The van der Waals surface area contributed by atoms with Gasteiger partial charge in [0, 0.05) is 5.56 Å². The van der Waals surface area contributed by atoms with E-state index in [0.717, 1.165) is 23.6 Å². The third-order valence-electron chi connectivity index (χ3n) is 3.27. The van der Waals surface area contributed by atoms with Gasteiger partial charge in [-0.25, -0.2) is 4.68 Å². The second-order valence-corrected chi connectivity index (χ2v) is 5.94. The predicted octanol–water partition coefficient (Wildman–Crippen LogP) is 3.57. The fourth-order valence-corrected chi connectivity index (χ4v) is 3.50. The van der Waals surface area contributed by atoms with E-state index in [-0.39, 0.29) is 0 Å². The van der Waals surface area contributed by atoms with Crippen LogP contribution in [0.4, 0.5) is 0 Å². The van der Waals surface area contributed by atoms with Crippen LogP contribution in [0.5, 0.6) is 0 Å². The Balaban J connectivity index is 2.37. The van der Waals surface area contributed by atoms with Crippen LogP contribution in [-0.2, 0) is 6.42 Å². The number of aryl methyl sites for hydroxylation is 1. The molecule has 0 unspecified atom stereocenters. The molecule has 4 heteroatoms. The van der Waals surface area contributed by atoms with Gasteiger partial charge in [-0.2, -0.15) is 5.10 Å². The summed E-state index contributed by atoms with van der Waals surface area (Å²) in [7, 11) is 0. The summed E-state index contributed by atoms with van der Waals surface area (Å²) in [6.07, 6.45) is 3.34. The molecular weight excluding hydrogens is 266 g/mol. The molecule has 0 aliphatic rings. The molecule has 0 bridgehead atoms. The van der Waals surface area contributed by atoms with E-state index in [2.05, 4.69) is 42.8 Å². The SMILES string of the molecule is CCCCSc1c(CCN)c(C)nn1-c1ccccc1. The molecule has 0 fully saturated rings. The first-order chi connectivity index (χ1) is 9.77. The fourth-order valence-electron chi connectivity index (χ4n) is 2.18. The number of aromatic nitrogens is 2. The Morgan fingerprint density at radius 3 is 2.65 bits per heavy atom. The van der Waals surface area contributed by atoms with Gasteiger partial charge in [0.25, 0.3) is 0 Å². The Labute approximate surface area is 125 Å². The van der Waals surface area contributed by atoms with Gasteiger partial charge in [-0.05, 0) is 44.2 Å². The van der Waals surface area contributed by atoms with Crippen LogP contribution in [0.15, 0.2) is 35.4 Å². The minimum Gasteiger partial charge on any atom is -0.330 e. The zero-order valence-electron chi connectivity index (χ0n) is 12.3. The molecule has 0 aliphatic heterocycles. The lowest BCUT2D eigenvalue weighted by Gasteiger charge is -2.09. The highest BCUT2D eigenvalue weighted by Crippen LogP contribution is 2.29. The molecule has 0 saturated carbocycles. The molecule has 2 aromatic rings. The number of benzene rings is 1. The average Bonchev–Trinajstić information content (AvgIpc) is 2.78. The Morgan fingerprint density at radius 1 is 1.25 bits per heavy atom. The van der Waals surface area contributed by atoms with Gasteiger partial charge in [-0.3, -0.25) is 0 Å². The van der Waals surface area contributed by atoms with Crippen molar-refractivity contribution in [2.24, 2.45) is 5.73 Å². The van der Waals surface area contributed by atoms with Crippen LogP contribution in [0.25, 0.3) is 5.69 Å². The van der Waals surface area contributed by atoms with Crippen molar-refractivity contribution in [3.05, 3.63) is 41.6 Å². The van der Waals surface area contributed by atoms with E-state index in [9.17, 15) is 0 Å². The molecule has 0 amide bonds. The van der Waals surface area contributed by atoms with Crippen LogP contribution in [-0.4, -0.2) is 22.1 Å². The van der Waals surface area contributed by atoms with E-state index in [0.29, 0.717) is 6.54 Å². The van der Waals surface area contributed by atoms with Crippen LogP contribution in [0.3, 0.4) is 0 Å². The van der Waals surface area contributed by atoms with Crippen molar-refractivity contribution >= 4 is 11.8 Å². The molecule has 0 atom stereocenters. The summed E-state index contributed by atoms with van der Waals surface area (Å²) in [5.74, 6) is 1.13. The van der Waals surface area contributed by atoms with E-state index < -0.39 is 0 Å². The minimum absolute atomic E-state index is 0.669. The van der Waals surface area contributed by atoms with Crippen molar-refractivity contribution in [1.29, 1.82) is 0 Å². The molecule has 2 N–H and O–H groups in total. The molecule has 20 heavy (non-hydrogen) atoms. The molecule has 0 aliphatic carbocycles. The number of hydrogen-bond donors (Lipinski definition) is 1. The Morgan fingerprint density at radius 2 is 2.00 bits per heavy atom. The van der Waals surface area contributed by atoms with E-state index in [1.807, 2.05) is 17.8 Å². The molecule has 1 heterocycles. The summed E-state index contributed by atoms with van der Waals surface area (Å²) >= 11 is 1.90. The summed E-state index contributed by atoms with van der Waals surface area (Å²) in [6.45, 7) is 4.97. The largest absolute Gasteiger partial charge is 0.330 e. The summed E-state index contributed by atoms with van der Waals surface area (Å²) < 4.78 is 2.07. The lowest BCUT2D eigenvalue weighted by atomic mass is 10.2. The normalized spacial score (nSPS) is 10.9. The van der Waals surface area contributed by atoms with Gasteiger partial charge in [0.05, 0.1) is 11.4 Å². The van der Waals surface area contributed by atoms with Gasteiger partial charge in [0.2, 0.25) is 0 Å². The van der Waals surface area contributed by atoms with Gasteiger partial charge in [0.15, 0.2) is 0 Å². The monoisotopic (exact) mass is 289 g/mol. The quantitative estimate of drug-likeness (QED) is 0.626. The smallest absolute Gasteiger partial charge is 0.103 e. The Hall–Kier alpha value is -1.26. The third-order valence-corrected chi connectivity index (χ3v) is 4.45. The van der Waals surface area contributed by atoms with Crippen LogP contribution in [0.2, 0.25) is 0 Å². The standard InChI is InChI=1S/C16H23N3S/c1-3-4-12-20-16-15(10-11-17)13(2)18-19(16)14-8-6-5-7-9-14/h5-9H,3-4,10-12,17H2,1-2H3. The number of hydrogen-bond acceptors (Lipinski definition) is 3. The molecule has 1 aromatic carbocycles. The summed E-state index contributed by atoms with van der Waals surface area (Å²) in [6, 6.07) is 10.3. The van der Waals surface area contributed by atoms with Crippen molar-refractivity contribution < 1.29 is 0 Å². The minimum atomic E-state index is 0.669. The van der Waals surface area contributed by atoms with E-state index >= 15 is 0 Å². The maximum atomic E-state index is 5.75. The lowest BCUT2D eigenvalue weighted by Crippen LogP contribution is -2.05. The second kappa shape index (κ2) is 7.50.